The molecule has 23 heavy (non-hydrogen) atoms. The fourth-order valence-corrected chi connectivity index (χ4v) is 2.87. The molecule has 0 spiro atoms. The third-order valence-corrected chi connectivity index (χ3v) is 4.06. The molecule has 1 saturated heterocycles. The summed E-state index contributed by atoms with van der Waals surface area (Å²) in [5.74, 6) is -1.32. The van der Waals surface area contributed by atoms with E-state index < -0.39 is 17.9 Å². The van der Waals surface area contributed by atoms with E-state index in [0.29, 0.717) is 13.0 Å². The Hall–Kier alpha value is -2.31. The number of aliphatic carboxylic acids is 1. The van der Waals surface area contributed by atoms with E-state index >= 15 is 0 Å². The number of amides is 2. The zero-order chi connectivity index (χ0) is 16.8. The minimum absolute atomic E-state index is 0.0432. The Labute approximate surface area is 134 Å². The summed E-state index contributed by atoms with van der Waals surface area (Å²) in [5.41, 5.74) is 0. The van der Waals surface area contributed by atoms with Gasteiger partial charge in [-0.15, -0.1) is 0 Å². The molecule has 0 saturated carbocycles. The quantitative estimate of drug-likeness (QED) is 0.829. The number of hydrogen-bond acceptors (Lipinski definition) is 4. The first-order chi connectivity index (χ1) is 11.0. The van der Waals surface area contributed by atoms with Crippen molar-refractivity contribution in [1.29, 1.82) is 0 Å². The summed E-state index contributed by atoms with van der Waals surface area (Å²) in [6, 6.07) is 2.38. The highest BCUT2D eigenvalue weighted by atomic mass is 16.4. The summed E-state index contributed by atoms with van der Waals surface area (Å²) in [5, 5.41) is 11.5. The van der Waals surface area contributed by atoms with E-state index in [9.17, 15) is 14.4 Å². The average Bonchev–Trinajstić information content (AvgIpc) is 3.07. The minimum atomic E-state index is -0.859. The number of carbonyl (C=O) groups excluding carboxylic acids is 2. The molecule has 0 aromatic carbocycles. The molecule has 0 aliphatic carbocycles. The molecule has 1 aromatic rings. The van der Waals surface area contributed by atoms with E-state index in [2.05, 4.69) is 5.32 Å². The molecule has 2 rings (SSSR count). The zero-order valence-electron chi connectivity index (χ0n) is 13.2. The van der Waals surface area contributed by atoms with Crippen LogP contribution in [-0.4, -0.2) is 46.4 Å². The number of furan rings is 1. The number of nitrogens with zero attached hydrogens (tertiary/aromatic N) is 1. The number of carboxylic acids is 1. The van der Waals surface area contributed by atoms with Crippen molar-refractivity contribution in [3.63, 3.8) is 0 Å². The van der Waals surface area contributed by atoms with Gasteiger partial charge in [0.05, 0.1) is 6.26 Å². The second-order valence-electron chi connectivity index (χ2n) is 5.79. The van der Waals surface area contributed by atoms with Gasteiger partial charge in [0.2, 0.25) is 5.91 Å². The van der Waals surface area contributed by atoms with Crippen LogP contribution >= 0.6 is 0 Å². The van der Waals surface area contributed by atoms with Gasteiger partial charge >= 0.3 is 5.97 Å². The fourth-order valence-electron chi connectivity index (χ4n) is 2.87. The lowest BCUT2D eigenvalue weighted by molar-refractivity contribution is -0.140. The van der Waals surface area contributed by atoms with E-state index in [0.717, 1.165) is 19.3 Å². The van der Waals surface area contributed by atoms with Crippen LogP contribution in [0, 0.1) is 0 Å². The lowest BCUT2D eigenvalue weighted by Gasteiger charge is -2.37. The van der Waals surface area contributed by atoms with Gasteiger partial charge in [0, 0.05) is 19.0 Å². The Kier molecular flexibility index (Phi) is 5.78. The van der Waals surface area contributed by atoms with Crippen LogP contribution in [0.15, 0.2) is 22.8 Å². The first-order valence-corrected chi connectivity index (χ1v) is 7.85. The molecular weight excluding hydrogens is 300 g/mol. The van der Waals surface area contributed by atoms with Crippen LogP contribution in [0.1, 0.15) is 49.6 Å². The summed E-state index contributed by atoms with van der Waals surface area (Å²) in [6.07, 6.45) is 4.57. The van der Waals surface area contributed by atoms with Gasteiger partial charge in [0.15, 0.2) is 5.76 Å². The fraction of sp³-hybridized carbons (Fsp3) is 0.562. The lowest BCUT2D eigenvalue weighted by atomic mass is 9.97. The maximum atomic E-state index is 12.6. The van der Waals surface area contributed by atoms with Crippen LogP contribution in [0.25, 0.3) is 0 Å². The Morgan fingerprint density at radius 1 is 1.43 bits per heavy atom. The second kappa shape index (κ2) is 7.80. The van der Waals surface area contributed by atoms with Crippen molar-refractivity contribution in [3.05, 3.63) is 24.2 Å². The molecule has 126 valence electrons. The Bertz CT molecular complexity index is 555. The Balaban J connectivity index is 1.95. The van der Waals surface area contributed by atoms with E-state index in [1.807, 2.05) is 0 Å². The number of piperidine rings is 1. The predicted molar refractivity (Wildman–Crippen MR) is 81.9 cm³/mol. The van der Waals surface area contributed by atoms with E-state index in [1.165, 1.54) is 12.3 Å². The molecule has 1 fully saturated rings. The highest BCUT2D eigenvalue weighted by molar-refractivity contribution is 5.95. The summed E-state index contributed by atoms with van der Waals surface area (Å²) >= 11 is 0. The number of hydrogen-bond donors (Lipinski definition) is 2. The summed E-state index contributed by atoms with van der Waals surface area (Å²) < 4.78 is 5.01. The molecule has 2 amide bonds. The van der Waals surface area contributed by atoms with Gasteiger partial charge in [-0.05, 0) is 44.7 Å². The van der Waals surface area contributed by atoms with Gasteiger partial charge in [-0.25, -0.2) is 0 Å². The number of rotatable bonds is 6. The third kappa shape index (κ3) is 4.58. The Morgan fingerprint density at radius 2 is 2.22 bits per heavy atom. The van der Waals surface area contributed by atoms with Crippen molar-refractivity contribution in [2.45, 2.75) is 51.1 Å². The molecule has 7 nitrogen and oxygen atoms in total. The normalized spacial score (nSPS) is 19.2. The molecule has 1 aromatic heterocycles. The highest BCUT2D eigenvalue weighted by Crippen LogP contribution is 2.21. The van der Waals surface area contributed by atoms with Crippen molar-refractivity contribution in [3.8, 4) is 0 Å². The summed E-state index contributed by atoms with van der Waals surface area (Å²) in [6.45, 7) is 2.23. The maximum absolute atomic E-state index is 12.6. The molecule has 7 heteroatoms. The molecule has 0 bridgehead atoms. The third-order valence-electron chi connectivity index (χ3n) is 4.06. The van der Waals surface area contributed by atoms with Crippen LogP contribution in [-0.2, 0) is 9.59 Å². The first-order valence-electron chi connectivity index (χ1n) is 7.85. The number of nitrogens with one attached hydrogen (secondary N) is 1. The van der Waals surface area contributed by atoms with Crippen molar-refractivity contribution >= 4 is 17.8 Å². The lowest BCUT2D eigenvalue weighted by Crippen LogP contribution is -2.52. The standard InChI is InChI=1S/C16H22N2O5/c1-11(17-15(21)13-6-4-10-23-13)16(22)18-9-3-2-5-12(18)7-8-14(19)20/h4,6,10-12H,2-3,5,7-9H2,1H3,(H,17,21)(H,19,20). The number of carboxylic acid groups (broad SMARTS) is 1. The predicted octanol–water partition coefficient (Wildman–Crippen LogP) is 1.64. The second-order valence-corrected chi connectivity index (χ2v) is 5.79. The van der Waals surface area contributed by atoms with Crippen molar-refractivity contribution < 1.29 is 23.9 Å². The van der Waals surface area contributed by atoms with Crippen LogP contribution in [0.4, 0.5) is 0 Å². The van der Waals surface area contributed by atoms with Crippen molar-refractivity contribution in [2.75, 3.05) is 6.54 Å². The van der Waals surface area contributed by atoms with Gasteiger partial charge in [-0.2, -0.15) is 0 Å². The van der Waals surface area contributed by atoms with Gasteiger partial charge in [0.25, 0.3) is 5.91 Å². The minimum Gasteiger partial charge on any atom is -0.481 e. The van der Waals surface area contributed by atoms with E-state index in [4.69, 9.17) is 9.52 Å². The van der Waals surface area contributed by atoms with Crippen LogP contribution in [0.2, 0.25) is 0 Å². The van der Waals surface area contributed by atoms with E-state index in [1.54, 1.807) is 17.9 Å². The van der Waals surface area contributed by atoms with Crippen LogP contribution in [0.3, 0.4) is 0 Å². The maximum Gasteiger partial charge on any atom is 0.303 e. The highest BCUT2D eigenvalue weighted by Gasteiger charge is 2.30. The SMILES string of the molecule is CC(NC(=O)c1ccco1)C(=O)N1CCCCC1CCC(=O)O. The van der Waals surface area contributed by atoms with Gasteiger partial charge in [0.1, 0.15) is 6.04 Å². The smallest absolute Gasteiger partial charge is 0.303 e. The van der Waals surface area contributed by atoms with E-state index in [-0.39, 0.29) is 24.1 Å². The van der Waals surface area contributed by atoms with Gasteiger partial charge in [-0.1, -0.05) is 0 Å². The number of likely N-dealkylation sites (tertiary alicyclic amines) is 1. The summed E-state index contributed by atoms with van der Waals surface area (Å²) in [4.78, 5) is 37.0. The monoisotopic (exact) mass is 322 g/mol. The molecule has 2 heterocycles. The largest absolute Gasteiger partial charge is 0.481 e. The average molecular weight is 322 g/mol. The first kappa shape index (κ1) is 17.1. The van der Waals surface area contributed by atoms with Crippen molar-refractivity contribution in [2.24, 2.45) is 0 Å². The number of carbonyl (C=O) groups is 3. The molecular formula is C16H22N2O5. The molecule has 2 atom stereocenters. The zero-order valence-corrected chi connectivity index (χ0v) is 13.2. The molecule has 1 aliphatic rings. The van der Waals surface area contributed by atoms with Gasteiger partial charge in [-0.3, -0.25) is 14.4 Å². The molecule has 0 radical (unpaired) electrons. The van der Waals surface area contributed by atoms with Crippen LogP contribution in [0.5, 0.6) is 0 Å². The summed E-state index contributed by atoms with van der Waals surface area (Å²) in [7, 11) is 0. The molecule has 2 unspecified atom stereocenters. The van der Waals surface area contributed by atoms with Crippen molar-refractivity contribution in [1.82, 2.24) is 10.2 Å². The molecule has 2 N–H and O–H groups in total. The Morgan fingerprint density at radius 3 is 2.87 bits per heavy atom. The molecule has 1 aliphatic heterocycles. The topological polar surface area (TPSA) is 99.9 Å². The van der Waals surface area contributed by atoms with Crippen LogP contribution < -0.4 is 5.32 Å². The van der Waals surface area contributed by atoms with Gasteiger partial charge < -0.3 is 19.7 Å².